The molecule has 0 amide bonds. The number of hydrogen-bond donors (Lipinski definition) is 0. The molecule has 0 nitrogen and oxygen atoms in total. The first-order chi connectivity index (χ1) is 20.7. The van der Waals surface area contributed by atoms with Crippen LogP contribution in [0.1, 0.15) is 0 Å². The molecule has 0 atom stereocenters. The van der Waals surface area contributed by atoms with Crippen molar-refractivity contribution in [1.29, 1.82) is 0 Å². The van der Waals surface area contributed by atoms with Crippen molar-refractivity contribution in [2.75, 3.05) is 0 Å². The third-order valence-electron chi connectivity index (χ3n) is 7.92. The lowest BCUT2D eigenvalue weighted by atomic mass is 10.1. The molecule has 0 spiro atoms. The van der Waals surface area contributed by atoms with Gasteiger partial charge >= 0.3 is 0 Å². The first-order valence-electron chi connectivity index (χ1n) is 13.6. The SMILES string of the molecule is c1ccc(-c2cc3cc4c(cc3s2)sc2cc(-c3cc5sc6cc7sc(-c8ccccc8)cc7cc6c5s3)sc24)cc1. The zero-order valence-electron chi connectivity index (χ0n) is 21.8. The van der Waals surface area contributed by atoms with Crippen LogP contribution in [0, 0.1) is 0 Å². The third kappa shape index (κ3) is 3.67. The highest BCUT2D eigenvalue weighted by atomic mass is 32.1. The third-order valence-corrected chi connectivity index (χ3v) is 15.2. The summed E-state index contributed by atoms with van der Waals surface area (Å²) >= 11 is 11.6. The highest BCUT2D eigenvalue weighted by Crippen LogP contribution is 2.50. The van der Waals surface area contributed by atoms with Gasteiger partial charge in [-0.3, -0.25) is 0 Å². The minimum absolute atomic E-state index is 1.30. The van der Waals surface area contributed by atoms with Crippen molar-refractivity contribution in [1.82, 2.24) is 0 Å². The summed E-state index contributed by atoms with van der Waals surface area (Å²) < 4.78 is 11.2. The summed E-state index contributed by atoms with van der Waals surface area (Å²) in [5, 5.41) is 5.49. The molecule has 0 fully saturated rings. The minimum Gasteiger partial charge on any atom is -0.135 e. The lowest BCUT2D eigenvalue weighted by molar-refractivity contribution is 1.70. The molecule has 10 aromatic rings. The first kappa shape index (κ1) is 24.1. The van der Waals surface area contributed by atoms with Crippen LogP contribution in [-0.4, -0.2) is 0 Å². The second-order valence-electron chi connectivity index (χ2n) is 10.5. The molecule has 0 saturated carbocycles. The van der Waals surface area contributed by atoms with Gasteiger partial charge in [-0.25, -0.2) is 0 Å². The van der Waals surface area contributed by atoms with E-state index in [0.29, 0.717) is 0 Å². The van der Waals surface area contributed by atoms with Crippen molar-refractivity contribution in [2.24, 2.45) is 0 Å². The smallest absolute Gasteiger partial charge is 0.0536 e. The predicted molar refractivity (Wildman–Crippen MR) is 195 cm³/mol. The standard InChI is InChI=1S/C36H18S6/c1-3-7-19(8-4-1)25-13-21-11-23-29(15-27(21)37-25)39-33-17-31(41-35(23)33)32-18-34-36(42-32)24-12-22-14-26(20-9-5-2-6-10-20)38-28(22)16-30(24)40-34/h1-18H. The van der Waals surface area contributed by atoms with E-state index < -0.39 is 0 Å². The summed E-state index contributed by atoms with van der Waals surface area (Å²) in [4.78, 5) is 5.46. The van der Waals surface area contributed by atoms with E-state index in [-0.39, 0.29) is 0 Å². The van der Waals surface area contributed by atoms with Gasteiger partial charge in [0.15, 0.2) is 0 Å². The van der Waals surface area contributed by atoms with E-state index in [2.05, 4.69) is 109 Å². The van der Waals surface area contributed by atoms with Crippen LogP contribution < -0.4 is 0 Å². The predicted octanol–water partition coefficient (Wildman–Crippen LogP) is 14.0. The van der Waals surface area contributed by atoms with Crippen molar-refractivity contribution in [3.05, 3.63) is 109 Å². The average molecular weight is 643 g/mol. The highest BCUT2D eigenvalue weighted by molar-refractivity contribution is 7.37. The van der Waals surface area contributed by atoms with E-state index in [1.807, 2.05) is 68.0 Å². The van der Waals surface area contributed by atoms with Crippen molar-refractivity contribution in [3.8, 4) is 30.6 Å². The highest BCUT2D eigenvalue weighted by Gasteiger charge is 2.17. The van der Waals surface area contributed by atoms with Crippen LogP contribution in [-0.2, 0) is 0 Å². The molecule has 0 unspecified atom stereocenters. The van der Waals surface area contributed by atoms with Crippen LogP contribution in [0.2, 0.25) is 0 Å². The molecule has 6 aromatic heterocycles. The minimum atomic E-state index is 1.30. The molecule has 0 aliphatic carbocycles. The van der Waals surface area contributed by atoms with Crippen LogP contribution in [0.4, 0.5) is 0 Å². The molecule has 6 heteroatoms. The molecule has 4 aromatic carbocycles. The van der Waals surface area contributed by atoms with E-state index in [1.54, 1.807) is 0 Å². The second-order valence-corrected chi connectivity index (χ2v) is 17.0. The van der Waals surface area contributed by atoms with Gasteiger partial charge < -0.3 is 0 Å². The molecular weight excluding hydrogens is 625 g/mol. The Morgan fingerprint density at radius 3 is 1.21 bits per heavy atom. The van der Waals surface area contributed by atoms with Gasteiger partial charge in [-0.15, -0.1) is 68.0 Å². The fourth-order valence-electron chi connectivity index (χ4n) is 5.91. The quantitative estimate of drug-likeness (QED) is 0.180. The molecule has 0 saturated heterocycles. The molecule has 6 heterocycles. The van der Waals surface area contributed by atoms with Crippen LogP contribution >= 0.6 is 68.0 Å². The summed E-state index contributed by atoms with van der Waals surface area (Å²) in [5.41, 5.74) is 2.60. The topological polar surface area (TPSA) is 0 Å². The van der Waals surface area contributed by atoms with Gasteiger partial charge in [-0.2, -0.15) is 0 Å². The Morgan fingerprint density at radius 1 is 0.310 bits per heavy atom. The van der Waals surface area contributed by atoms with Crippen molar-refractivity contribution in [3.63, 3.8) is 0 Å². The summed E-state index contributed by atoms with van der Waals surface area (Å²) in [5.74, 6) is 0. The van der Waals surface area contributed by atoms with E-state index in [1.165, 1.54) is 89.8 Å². The second kappa shape index (κ2) is 9.07. The van der Waals surface area contributed by atoms with Crippen LogP contribution in [0.5, 0.6) is 0 Å². The molecule has 0 N–H and O–H groups in total. The van der Waals surface area contributed by atoms with Crippen molar-refractivity contribution in [2.45, 2.75) is 0 Å². The Balaban J connectivity index is 1.06. The molecular formula is C36H18S6. The largest absolute Gasteiger partial charge is 0.135 e. The molecule has 0 aliphatic heterocycles. The number of thiophene rings is 6. The van der Waals surface area contributed by atoms with E-state index >= 15 is 0 Å². The molecule has 0 aliphatic rings. The van der Waals surface area contributed by atoms with Crippen molar-refractivity contribution >= 4 is 127 Å². The molecule has 10 rings (SSSR count). The number of hydrogen-bond acceptors (Lipinski definition) is 6. The van der Waals surface area contributed by atoms with Gasteiger partial charge in [0, 0.05) is 58.5 Å². The monoisotopic (exact) mass is 642 g/mol. The maximum atomic E-state index is 2.43. The van der Waals surface area contributed by atoms with Crippen LogP contribution in [0.15, 0.2) is 109 Å². The molecule has 198 valence electrons. The van der Waals surface area contributed by atoms with E-state index in [9.17, 15) is 0 Å². The van der Waals surface area contributed by atoms with Gasteiger partial charge in [0.05, 0.1) is 9.40 Å². The van der Waals surface area contributed by atoms with Gasteiger partial charge in [0.1, 0.15) is 0 Å². The summed E-state index contributed by atoms with van der Waals surface area (Å²) in [6.07, 6.45) is 0. The van der Waals surface area contributed by atoms with Crippen LogP contribution in [0.3, 0.4) is 0 Å². The maximum absolute atomic E-state index is 2.43. The maximum Gasteiger partial charge on any atom is 0.0536 e. The normalized spacial score (nSPS) is 12.3. The first-order valence-corrected chi connectivity index (χ1v) is 18.5. The van der Waals surface area contributed by atoms with Gasteiger partial charge in [0.2, 0.25) is 0 Å². The number of rotatable bonds is 3. The van der Waals surface area contributed by atoms with E-state index in [4.69, 9.17) is 0 Å². The molecule has 42 heavy (non-hydrogen) atoms. The Labute approximate surface area is 265 Å². The zero-order chi connectivity index (χ0) is 27.4. The Hall–Kier alpha value is -3.36. The lowest BCUT2D eigenvalue weighted by Crippen LogP contribution is -1.67. The molecule has 0 bridgehead atoms. The zero-order valence-corrected chi connectivity index (χ0v) is 26.7. The fraction of sp³-hybridized carbons (Fsp3) is 0. The summed E-state index contributed by atoms with van der Waals surface area (Å²) in [7, 11) is 0. The molecule has 0 radical (unpaired) electrons. The van der Waals surface area contributed by atoms with E-state index in [0.717, 1.165) is 0 Å². The number of fused-ring (bicyclic) bond motifs is 8. The Kier molecular flexibility index (Phi) is 5.21. The Morgan fingerprint density at radius 2 is 0.762 bits per heavy atom. The Bertz CT molecular complexity index is 2430. The lowest BCUT2D eigenvalue weighted by Gasteiger charge is -1.93. The summed E-state index contributed by atoms with van der Waals surface area (Å²) in [6, 6.07) is 40.7. The van der Waals surface area contributed by atoms with Gasteiger partial charge in [0.25, 0.3) is 0 Å². The fourth-order valence-corrected chi connectivity index (χ4v) is 13.4. The number of benzene rings is 4. The van der Waals surface area contributed by atoms with Crippen LogP contribution in [0.25, 0.3) is 89.8 Å². The average Bonchev–Trinajstić information content (AvgIpc) is 3.85. The van der Waals surface area contributed by atoms with Gasteiger partial charge in [-0.1, -0.05) is 60.7 Å². The van der Waals surface area contributed by atoms with Crippen molar-refractivity contribution < 1.29 is 0 Å². The summed E-state index contributed by atoms with van der Waals surface area (Å²) in [6.45, 7) is 0. The van der Waals surface area contributed by atoms with Gasteiger partial charge in [-0.05, 0) is 70.4 Å².